The van der Waals surface area contributed by atoms with Gasteiger partial charge in [-0.15, -0.1) is 0 Å². The molecule has 8 aromatic carbocycles. The van der Waals surface area contributed by atoms with Crippen LogP contribution in [-0.4, -0.2) is 0 Å². The third-order valence-corrected chi connectivity index (χ3v) is 25.3. The van der Waals surface area contributed by atoms with E-state index in [-0.39, 0.29) is 128 Å². The van der Waals surface area contributed by atoms with Crippen LogP contribution < -0.4 is 104 Å². The molecule has 100 heavy (non-hydrogen) atoms. The molecule has 0 fully saturated rings. The average Bonchev–Trinajstić information content (AvgIpc) is 0.853. The van der Waals surface area contributed by atoms with Gasteiger partial charge in [-0.05, 0) is 203 Å². The molecule has 0 aliphatic heterocycles. The zero-order valence-electron chi connectivity index (χ0n) is 62.6. The van der Waals surface area contributed by atoms with Gasteiger partial charge in [0.25, 0.3) is 0 Å². The molecule has 0 aromatic heterocycles. The van der Waals surface area contributed by atoms with Crippen LogP contribution in [-0.2, 0) is 61.6 Å². The Morgan fingerprint density at radius 1 is 0.190 bits per heavy atom. The maximum Gasteiger partial charge on any atom is 0.540 e. The van der Waals surface area contributed by atoms with Gasteiger partial charge in [0.2, 0.25) is 0 Å². The molecule has 544 valence electrons. The molecule has 0 saturated carbocycles. The van der Waals surface area contributed by atoms with Crippen LogP contribution >= 0.6 is 33.4 Å². The quantitative estimate of drug-likeness (QED) is 0.0826. The van der Waals surface area contributed by atoms with Crippen molar-refractivity contribution in [2.75, 3.05) is 0 Å². The van der Waals surface area contributed by atoms with Crippen molar-refractivity contribution >= 4 is 33.4 Å². The van der Waals surface area contributed by atoms with Crippen molar-refractivity contribution in [1.29, 1.82) is 0 Å². The molecule has 0 amide bonds. The van der Waals surface area contributed by atoms with E-state index in [0.717, 1.165) is 0 Å². The fourth-order valence-electron chi connectivity index (χ4n) is 8.61. The fraction of sp³-hybridized carbons (Fsp3) is 0.400. The molecule has 0 radical (unpaired) electrons. The first kappa shape index (κ1) is 94.7. The van der Waals surface area contributed by atoms with E-state index in [9.17, 15) is 16.8 Å². The first-order valence-corrected chi connectivity index (χ1v) is 45.1. The maximum absolute atomic E-state index is 9.95. The Labute approximate surface area is 643 Å². The lowest BCUT2D eigenvalue weighted by Gasteiger charge is -2.18. The monoisotopic (exact) mass is 1900 g/mol. The molecule has 0 bridgehead atoms. The highest BCUT2D eigenvalue weighted by molar-refractivity contribution is 7.30. The van der Waals surface area contributed by atoms with E-state index >= 15 is 0 Å². The standard InChI is InChI=1S/4C20H26I.4FO2P/c4*1-19(2,3)15-7-11-17(12-8-15)21-18-13-9-16(10-14-18)20(4,5)6;4*1-4(2)3/h4*7-14H,1-6H3;;;;/q4*+1;;;;. The molecule has 20 heteroatoms. The predicted molar refractivity (Wildman–Crippen MR) is 386 cm³/mol. The number of hydrogen-bond donors (Lipinski definition) is 0. The van der Waals surface area contributed by atoms with E-state index in [4.69, 9.17) is 37.8 Å². The summed E-state index contributed by atoms with van der Waals surface area (Å²) < 4.78 is 85.2. The second-order valence-corrected chi connectivity index (χ2v) is 45.1. The summed E-state index contributed by atoms with van der Waals surface area (Å²) in [4.78, 5) is 33.5. The van der Waals surface area contributed by atoms with Crippen molar-refractivity contribution in [1.82, 2.24) is 0 Å². The fourth-order valence-corrected chi connectivity index (χ4v) is 17.2. The highest BCUT2D eigenvalue weighted by Crippen LogP contribution is 2.27. The summed E-state index contributed by atoms with van der Waals surface area (Å²) in [6.07, 6.45) is 0. The number of hydrogen-bond acceptors (Lipinski definition) is 8. The molecular formula is C80H104F4I4O8P4+4. The molecule has 0 aliphatic carbocycles. The first-order valence-electron chi connectivity index (χ1n) is 32.2. The number of halogens is 8. The topological polar surface area (TPSA) is 161 Å². The van der Waals surface area contributed by atoms with Crippen LogP contribution in [0.5, 0.6) is 0 Å². The second-order valence-electron chi connectivity index (χ2n) is 31.3. The largest absolute Gasteiger partial charge is 0.562 e. The van der Waals surface area contributed by atoms with Crippen LogP contribution in [0.1, 0.15) is 211 Å². The summed E-state index contributed by atoms with van der Waals surface area (Å²) in [5.74, 6) is 0. The van der Waals surface area contributed by atoms with Gasteiger partial charge in [-0.1, -0.05) is 263 Å². The van der Waals surface area contributed by atoms with Gasteiger partial charge in [0.05, 0.1) is 16.8 Å². The molecular weight excluding hydrogens is 1800 g/mol. The Morgan fingerprint density at radius 2 is 0.250 bits per heavy atom. The minimum absolute atomic E-state index is 0.0703. The van der Waals surface area contributed by atoms with Gasteiger partial charge < -0.3 is 19.6 Å². The summed E-state index contributed by atoms with van der Waals surface area (Å²) in [5.41, 5.74) is 13.3. The van der Waals surface area contributed by atoms with Crippen LogP contribution in [0.25, 0.3) is 0 Å². The maximum atomic E-state index is 9.95. The minimum atomic E-state index is -3.62. The van der Waals surface area contributed by atoms with E-state index in [1.807, 2.05) is 0 Å². The predicted octanol–water partition coefficient (Wildman–Crippen LogP) is 9.53. The number of rotatable bonds is 8. The Bertz CT molecular complexity index is 3000. The van der Waals surface area contributed by atoms with Crippen molar-refractivity contribution in [2.45, 2.75) is 209 Å². The lowest BCUT2D eigenvalue weighted by atomic mass is 9.87. The van der Waals surface area contributed by atoms with Gasteiger partial charge in [0, 0.05) is 0 Å². The summed E-state index contributed by atoms with van der Waals surface area (Å²) >= 11 is -0.281. The van der Waals surface area contributed by atoms with Crippen molar-refractivity contribution in [3.8, 4) is 0 Å². The second kappa shape index (κ2) is 43.3. The smallest absolute Gasteiger partial charge is 0.540 e. The minimum Gasteiger partial charge on any atom is -0.562 e. The lowest BCUT2D eigenvalue weighted by molar-refractivity contribution is -0.597. The summed E-state index contributed by atoms with van der Waals surface area (Å²) in [5, 5.41) is 0. The molecule has 8 nitrogen and oxygen atoms in total. The van der Waals surface area contributed by atoms with Crippen LogP contribution in [0, 0.1) is 28.6 Å². The van der Waals surface area contributed by atoms with Gasteiger partial charge >= 0.3 is 118 Å². The van der Waals surface area contributed by atoms with Gasteiger partial charge in [-0.3, -0.25) is 0 Å². The highest BCUT2D eigenvalue weighted by atomic mass is 127. The lowest BCUT2D eigenvalue weighted by Crippen LogP contribution is -3.61. The van der Waals surface area contributed by atoms with Crippen LogP contribution in [0.15, 0.2) is 194 Å². The summed E-state index contributed by atoms with van der Waals surface area (Å²) in [7, 11) is -14.5. The van der Waals surface area contributed by atoms with Gasteiger partial charge in [0.1, 0.15) is 0 Å². The Balaban J connectivity index is 0.000000619. The molecule has 0 saturated heterocycles. The first-order chi connectivity index (χ1) is 45.6. The third-order valence-electron chi connectivity index (χ3n) is 14.6. The van der Waals surface area contributed by atoms with Gasteiger partial charge in [0.15, 0.2) is 28.6 Å². The van der Waals surface area contributed by atoms with E-state index in [2.05, 4.69) is 360 Å². The Hall–Kier alpha value is -3.36. The average molecular weight is 1900 g/mol. The molecule has 4 unspecified atom stereocenters. The summed E-state index contributed by atoms with van der Waals surface area (Å²) in [6, 6.07) is 73.6. The van der Waals surface area contributed by atoms with E-state index in [1.54, 1.807) is 0 Å². The molecule has 0 heterocycles. The van der Waals surface area contributed by atoms with Gasteiger partial charge in [-0.25, -0.2) is 0 Å². The molecule has 0 spiro atoms. The summed E-state index contributed by atoms with van der Waals surface area (Å²) in [6.45, 7) is 54.4. The Morgan fingerprint density at radius 3 is 0.300 bits per heavy atom. The normalized spacial score (nSPS) is 12.2. The van der Waals surface area contributed by atoms with Crippen LogP contribution in [0.2, 0.25) is 0 Å². The SMILES string of the molecule is CC(C)(C)c1ccc([I+]c2ccc(C(C)(C)C)cc2)cc1.CC(C)(C)c1ccc([I+]c2ccc(C(C)(C)C)cc2)cc1.CC(C)(C)c1ccc([I+]c2ccc(C(C)(C)C)cc2)cc1.CC(C)(C)c1ccc([I+]c2ccc(C(C)(C)C)cc2)cc1.O=[P+]([O-])F.O=[P+]([O-])F.O=[P+]([O-])F.O=[P+]([O-])F. The van der Waals surface area contributed by atoms with E-state index in [0.29, 0.717) is 0 Å². The molecule has 8 aromatic rings. The van der Waals surface area contributed by atoms with Crippen LogP contribution in [0.4, 0.5) is 16.8 Å². The zero-order valence-corrected chi connectivity index (χ0v) is 74.8. The van der Waals surface area contributed by atoms with E-state index in [1.165, 1.54) is 73.1 Å². The number of benzene rings is 8. The van der Waals surface area contributed by atoms with Crippen molar-refractivity contribution in [2.24, 2.45) is 0 Å². The van der Waals surface area contributed by atoms with Gasteiger partial charge in [-0.2, -0.15) is 0 Å². The van der Waals surface area contributed by atoms with Crippen molar-refractivity contribution in [3.63, 3.8) is 0 Å². The molecule has 4 atom stereocenters. The highest BCUT2D eigenvalue weighted by Gasteiger charge is 2.25. The third kappa shape index (κ3) is 42.0. The van der Waals surface area contributed by atoms with Crippen molar-refractivity contribution in [3.05, 3.63) is 267 Å². The van der Waals surface area contributed by atoms with E-state index < -0.39 is 33.4 Å². The molecule has 0 N–H and O–H groups in total. The van der Waals surface area contributed by atoms with Crippen molar-refractivity contribution < 1.29 is 139 Å². The Kier molecular flexibility index (Phi) is 41.0. The molecule has 8 rings (SSSR count). The zero-order chi connectivity index (χ0) is 77.0. The van der Waals surface area contributed by atoms with Crippen LogP contribution in [0.3, 0.4) is 0 Å². The molecule has 0 aliphatic rings.